The summed E-state index contributed by atoms with van der Waals surface area (Å²) in [5, 5.41) is 0. The van der Waals surface area contributed by atoms with Gasteiger partial charge in [0.25, 0.3) is 5.91 Å². The number of benzene rings is 1. The third kappa shape index (κ3) is 4.37. The van der Waals surface area contributed by atoms with Gasteiger partial charge in [0.1, 0.15) is 5.69 Å². The molecular weight excluding hydrogens is 384 g/mol. The molecule has 31 heavy (non-hydrogen) atoms. The minimum absolute atomic E-state index is 0.171. The van der Waals surface area contributed by atoms with E-state index in [1.807, 2.05) is 4.90 Å². The molecule has 0 N–H and O–H groups in total. The summed E-state index contributed by atoms with van der Waals surface area (Å²) in [6, 6.07) is 4.50. The van der Waals surface area contributed by atoms with Gasteiger partial charge in [-0.05, 0) is 64.0 Å². The molecule has 0 saturated heterocycles. The van der Waals surface area contributed by atoms with Crippen molar-refractivity contribution >= 4 is 17.5 Å². The minimum atomic E-state index is 0.171. The molecule has 168 valence electrons. The Morgan fingerprint density at radius 2 is 1.84 bits per heavy atom. The van der Waals surface area contributed by atoms with Gasteiger partial charge in [-0.3, -0.25) is 4.79 Å². The monoisotopic (exact) mass is 422 g/mol. The van der Waals surface area contributed by atoms with Crippen LogP contribution in [0.1, 0.15) is 78.8 Å². The van der Waals surface area contributed by atoms with Crippen molar-refractivity contribution in [3.05, 3.63) is 40.2 Å². The van der Waals surface area contributed by atoms with E-state index in [1.54, 1.807) is 0 Å². The van der Waals surface area contributed by atoms with E-state index in [9.17, 15) is 4.79 Å². The van der Waals surface area contributed by atoms with Gasteiger partial charge in [0.2, 0.25) is 5.95 Å². The van der Waals surface area contributed by atoms with Crippen molar-refractivity contribution in [1.82, 2.24) is 14.5 Å². The summed E-state index contributed by atoms with van der Waals surface area (Å²) in [4.78, 5) is 23.2. The molecule has 1 amide bonds. The fourth-order valence-electron chi connectivity index (χ4n) is 5.15. The summed E-state index contributed by atoms with van der Waals surface area (Å²) in [5.41, 5.74) is 6.90. The van der Waals surface area contributed by atoms with E-state index in [0.717, 1.165) is 75.1 Å². The highest BCUT2D eigenvalue weighted by molar-refractivity contribution is 5.95. The van der Waals surface area contributed by atoms with Crippen LogP contribution >= 0.6 is 0 Å². The van der Waals surface area contributed by atoms with Crippen LogP contribution in [0.3, 0.4) is 0 Å². The van der Waals surface area contributed by atoms with Crippen molar-refractivity contribution in [2.75, 3.05) is 24.5 Å². The van der Waals surface area contributed by atoms with Crippen LogP contribution in [0.25, 0.3) is 0 Å². The Balaban J connectivity index is 1.74. The number of carbonyl (C=O) groups is 1. The topological polar surface area (TPSA) is 41.4 Å². The summed E-state index contributed by atoms with van der Waals surface area (Å²) in [6.07, 6.45) is 6.67. The maximum Gasteiger partial charge on any atom is 0.272 e. The first kappa shape index (κ1) is 21.9. The number of carbonyl (C=O) groups excluding carboxylic acids is 1. The molecule has 1 fully saturated rings. The molecule has 2 aliphatic rings. The highest BCUT2D eigenvalue weighted by atomic mass is 16.2. The first-order valence-electron chi connectivity index (χ1n) is 12.2. The van der Waals surface area contributed by atoms with Crippen LogP contribution in [0.2, 0.25) is 0 Å². The molecule has 0 atom stereocenters. The fraction of sp³-hybridized carbons (Fsp3) is 0.615. The van der Waals surface area contributed by atoms with Crippen molar-refractivity contribution in [2.45, 2.75) is 79.7 Å². The molecule has 5 heteroatoms. The maximum absolute atomic E-state index is 13.7. The van der Waals surface area contributed by atoms with Crippen LogP contribution < -0.4 is 4.90 Å². The van der Waals surface area contributed by atoms with Gasteiger partial charge in [-0.2, -0.15) is 0 Å². The number of fused-ring (bicyclic) bond motifs is 1. The lowest BCUT2D eigenvalue weighted by atomic mass is 10.0. The van der Waals surface area contributed by atoms with Gasteiger partial charge < -0.3 is 14.4 Å². The fourth-order valence-corrected chi connectivity index (χ4v) is 5.15. The Kier molecular flexibility index (Phi) is 6.40. The summed E-state index contributed by atoms with van der Waals surface area (Å²) in [7, 11) is 0. The van der Waals surface area contributed by atoms with E-state index in [1.165, 1.54) is 35.2 Å². The van der Waals surface area contributed by atoms with Crippen molar-refractivity contribution < 1.29 is 4.79 Å². The number of amides is 1. The molecular formula is C26H38N4O. The second kappa shape index (κ2) is 9.05. The van der Waals surface area contributed by atoms with E-state index in [-0.39, 0.29) is 5.91 Å². The summed E-state index contributed by atoms with van der Waals surface area (Å²) >= 11 is 0. The molecule has 1 aliphatic heterocycles. The highest BCUT2D eigenvalue weighted by Crippen LogP contribution is 2.37. The molecule has 1 aromatic heterocycles. The summed E-state index contributed by atoms with van der Waals surface area (Å²) in [6.45, 7) is 14.2. The van der Waals surface area contributed by atoms with Gasteiger partial charge in [-0.25, -0.2) is 4.98 Å². The van der Waals surface area contributed by atoms with Crippen molar-refractivity contribution in [3.63, 3.8) is 0 Å². The minimum Gasteiger partial charge on any atom is -0.338 e. The van der Waals surface area contributed by atoms with Crippen LogP contribution in [0, 0.1) is 26.7 Å². The SMILES string of the molecule is CCCc1nc2n(c1C(=O)N(CC)CCC1CC1)CCCN2c1c(C)cc(C)cc1C. The van der Waals surface area contributed by atoms with Crippen LogP contribution in [-0.4, -0.2) is 40.0 Å². The number of rotatable bonds is 8. The maximum atomic E-state index is 13.7. The van der Waals surface area contributed by atoms with Gasteiger partial charge in [0.05, 0.1) is 5.69 Å². The smallest absolute Gasteiger partial charge is 0.272 e. The standard InChI is InChI=1S/C26H38N4O/c1-6-9-22-24(25(31)28(7-2)15-12-21-10-11-21)30-14-8-13-29(26(30)27-22)23-19(4)16-18(3)17-20(23)5/h16-17,21H,6-15H2,1-5H3. The van der Waals surface area contributed by atoms with Crippen molar-refractivity contribution in [2.24, 2.45) is 5.92 Å². The second-order valence-corrected chi connectivity index (χ2v) is 9.48. The van der Waals surface area contributed by atoms with Crippen molar-refractivity contribution in [1.29, 1.82) is 0 Å². The zero-order valence-electron chi connectivity index (χ0n) is 20.0. The molecule has 5 nitrogen and oxygen atoms in total. The largest absolute Gasteiger partial charge is 0.338 e. The van der Waals surface area contributed by atoms with E-state index in [0.29, 0.717) is 0 Å². The number of hydrogen-bond acceptors (Lipinski definition) is 3. The van der Waals surface area contributed by atoms with Gasteiger partial charge in [0, 0.05) is 31.9 Å². The predicted octanol–water partition coefficient (Wildman–Crippen LogP) is 5.56. The normalized spacial score (nSPS) is 15.8. The van der Waals surface area contributed by atoms with Crippen LogP contribution in [0.5, 0.6) is 0 Å². The Morgan fingerprint density at radius 3 is 2.45 bits per heavy atom. The van der Waals surface area contributed by atoms with Gasteiger partial charge in [0.15, 0.2) is 0 Å². The number of aryl methyl sites for hydroxylation is 4. The lowest BCUT2D eigenvalue weighted by Gasteiger charge is -2.32. The molecule has 2 heterocycles. The summed E-state index contributed by atoms with van der Waals surface area (Å²) in [5.74, 6) is 1.95. The number of imidazole rings is 1. The number of anilines is 2. The van der Waals surface area contributed by atoms with Crippen molar-refractivity contribution in [3.8, 4) is 0 Å². The number of hydrogen-bond donors (Lipinski definition) is 0. The van der Waals surface area contributed by atoms with Gasteiger partial charge in [-0.15, -0.1) is 0 Å². The molecule has 2 aromatic rings. The third-order valence-corrected chi connectivity index (χ3v) is 6.79. The van der Waals surface area contributed by atoms with Crippen LogP contribution in [-0.2, 0) is 13.0 Å². The first-order valence-corrected chi connectivity index (χ1v) is 12.2. The van der Waals surface area contributed by atoms with Gasteiger partial charge >= 0.3 is 0 Å². The lowest BCUT2D eigenvalue weighted by Crippen LogP contribution is -2.36. The Labute approximate surface area is 187 Å². The average Bonchev–Trinajstić information content (AvgIpc) is 3.47. The summed E-state index contributed by atoms with van der Waals surface area (Å²) < 4.78 is 2.22. The predicted molar refractivity (Wildman–Crippen MR) is 127 cm³/mol. The van der Waals surface area contributed by atoms with E-state index in [4.69, 9.17) is 4.98 Å². The number of aromatic nitrogens is 2. The molecule has 1 aliphatic carbocycles. The Morgan fingerprint density at radius 1 is 1.13 bits per heavy atom. The molecule has 0 unspecified atom stereocenters. The number of nitrogens with zero attached hydrogens (tertiary/aromatic N) is 4. The van der Waals surface area contributed by atoms with E-state index >= 15 is 0 Å². The zero-order valence-corrected chi connectivity index (χ0v) is 20.0. The molecule has 4 rings (SSSR count). The first-order chi connectivity index (χ1) is 14.9. The van der Waals surface area contributed by atoms with Gasteiger partial charge in [-0.1, -0.05) is 43.9 Å². The molecule has 1 saturated carbocycles. The lowest BCUT2D eigenvalue weighted by molar-refractivity contribution is 0.0747. The molecule has 0 radical (unpaired) electrons. The van der Waals surface area contributed by atoms with E-state index in [2.05, 4.69) is 56.2 Å². The van der Waals surface area contributed by atoms with E-state index < -0.39 is 0 Å². The Hall–Kier alpha value is -2.30. The zero-order chi connectivity index (χ0) is 22.1. The Bertz CT molecular complexity index is 934. The molecule has 0 spiro atoms. The van der Waals surface area contributed by atoms with Crippen LogP contribution in [0.4, 0.5) is 11.6 Å². The second-order valence-electron chi connectivity index (χ2n) is 9.48. The third-order valence-electron chi connectivity index (χ3n) is 6.79. The average molecular weight is 423 g/mol. The molecule has 0 bridgehead atoms. The highest BCUT2D eigenvalue weighted by Gasteiger charge is 2.32. The molecule has 1 aromatic carbocycles. The quantitative estimate of drug-likeness (QED) is 0.559. The van der Waals surface area contributed by atoms with Crippen LogP contribution in [0.15, 0.2) is 12.1 Å².